The minimum atomic E-state index is -0.790. The third kappa shape index (κ3) is 57.5. The molecule has 0 aromatic carbocycles. The molecule has 0 aliphatic heterocycles. The van der Waals surface area contributed by atoms with Crippen molar-refractivity contribution in [2.75, 3.05) is 13.2 Å². The van der Waals surface area contributed by atoms with E-state index < -0.39 is 6.10 Å². The quantitative estimate of drug-likeness (QED) is 0.0261. The van der Waals surface area contributed by atoms with E-state index in [4.69, 9.17) is 14.2 Å². The Hall–Kier alpha value is -3.41. The third-order valence-corrected chi connectivity index (χ3v) is 13.1. The molecule has 72 heavy (non-hydrogen) atoms. The molecular weight excluding hydrogens is 889 g/mol. The molecular formula is C66H114O6. The third-order valence-electron chi connectivity index (χ3n) is 13.1. The summed E-state index contributed by atoms with van der Waals surface area (Å²) in [5.74, 6) is -0.904. The lowest BCUT2D eigenvalue weighted by atomic mass is 10.1. The molecule has 0 aromatic heterocycles. The normalized spacial score (nSPS) is 12.7. The zero-order valence-corrected chi connectivity index (χ0v) is 47.4. The minimum absolute atomic E-state index is 0.0874. The van der Waals surface area contributed by atoms with Crippen molar-refractivity contribution in [2.45, 2.75) is 303 Å². The molecule has 0 saturated heterocycles. The Morgan fingerprint density at radius 2 is 0.542 bits per heavy atom. The summed E-state index contributed by atoms with van der Waals surface area (Å²) in [6.45, 7) is 6.50. The molecule has 0 heterocycles. The van der Waals surface area contributed by atoms with Gasteiger partial charge in [0.25, 0.3) is 0 Å². The first kappa shape index (κ1) is 68.6. The molecule has 0 saturated carbocycles. The number of rotatable bonds is 55. The Morgan fingerprint density at radius 3 is 0.889 bits per heavy atom. The summed E-state index contributed by atoms with van der Waals surface area (Å²) in [6, 6.07) is 0. The van der Waals surface area contributed by atoms with Crippen LogP contribution in [0.4, 0.5) is 0 Å². The summed E-state index contributed by atoms with van der Waals surface area (Å²) in [7, 11) is 0. The Balaban J connectivity index is 4.42. The average Bonchev–Trinajstić information content (AvgIpc) is 3.38. The van der Waals surface area contributed by atoms with E-state index in [1.165, 1.54) is 154 Å². The highest BCUT2D eigenvalue weighted by Gasteiger charge is 2.19. The van der Waals surface area contributed by atoms with Crippen molar-refractivity contribution in [1.29, 1.82) is 0 Å². The summed E-state index contributed by atoms with van der Waals surface area (Å²) < 4.78 is 16.9. The number of hydrogen-bond acceptors (Lipinski definition) is 6. The predicted molar refractivity (Wildman–Crippen MR) is 311 cm³/mol. The zero-order chi connectivity index (χ0) is 52.2. The fraction of sp³-hybridized carbons (Fsp3) is 0.742. The van der Waals surface area contributed by atoms with Crippen molar-refractivity contribution in [3.63, 3.8) is 0 Å². The molecule has 0 aliphatic rings. The van der Waals surface area contributed by atoms with Crippen LogP contribution < -0.4 is 0 Å². The number of carbonyl (C=O) groups is 3. The van der Waals surface area contributed by atoms with Gasteiger partial charge in [0, 0.05) is 19.3 Å². The second-order valence-electron chi connectivity index (χ2n) is 20.2. The van der Waals surface area contributed by atoms with Gasteiger partial charge in [-0.15, -0.1) is 0 Å². The van der Waals surface area contributed by atoms with Gasteiger partial charge in [0.1, 0.15) is 13.2 Å². The molecule has 0 aliphatic carbocycles. The van der Waals surface area contributed by atoms with Gasteiger partial charge < -0.3 is 14.2 Å². The van der Waals surface area contributed by atoms with Crippen molar-refractivity contribution in [3.8, 4) is 0 Å². The standard InChI is InChI=1S/C66H114O6/c1-4-7-10-13-16-19-22-25-28-31-33-36-38-41-44-47-50-53-56-59-65(68)71-62-63(61-70-64(67)58-55-52-49-46-43-40-37-34-30-27-24-21-18-15-12-9-6-3)72-66(69)60-57-54-51-48-45-42-39-35-32-29-26-23-20-17-14-11-8-5-2/h9,12,16,18-19,21,25,27-30,32-33,36,63H,4-8,10-11,13-15,17,20,22-24,26,31,34-35,37-62H2,1-3H3/b12-9-,19-16-,21-18-,28-25-,30-27-,32-29-,36-33-. The number of esters is 3. The molecule has 0 radical (unpaired) electrons. The van der Waals surface area contributed by atoms with Gasteiger partial charge in [-0.1, -0.05) is 247 Å². The van der Waals surface area contributed by atoms with Crippen molar-refractivity contribution >= 4 is 17.9 Å². The predicted octanol–water partition coefficient (Wildman–Crippen LogP) is 20.7. The van der Waals surface area contributed by atoms with E-state index in [0.29, 0.717) is 19.3 Å². The summed E-state index contributed by atoms with van der Waals surface area (Å²) in [5.41, 5.74) is 0. The van der Waals surface area contributed by atoms with E-state index >= 15 is 0 Å². The van der Waals surface area contributed by atoms with Gasteiger partial charge in [-0.25, -0.2) is 0 Å². The van der Waals surface area contributed by atoms with Crippen molar-refractivity contribution in [1.82, 2.24) is 0 Å². The monoisotopic (exact) mass is 1000 g/mol. The van der Waals surface area contributed by atoms with Crippen molar-refractivity contribution in [3.05, 3.63) is 85.1 Å². The van der Waals surface area contributed by atoms with E-state index in [1.54, 1.807) is 0 Å². The highest BCUT2D eigenvalue weighted by Crippen LogP contribution is 2.15. The van der Waals surface area contributed by atoms with Crippen LogP contribution >= 0.6 is 0 Å². The SMILES string of the molecule is CC/C=C\C/C=C\C/C=C\CCCCCCCCCC(=O)OCC(COC(=O)CCCCCCCC/C=C\C/C=C\C/C=C\CCCCC)OC(=O)CCCCCCCCC/C=C\CCCCCCCCC. The van der Waals surface area contributed by atoms with Gasteiger partial charge in [0.15, 0.2) is 6.10 Å². The molecule has 0 aromatic rings. The first-order chi connectivity index (χ1) is 35.5. The van der Waals surface area contributed by atoms with Gasteiger partial charge in [-0.3, -0.25) is 14.4 Å². The van der Waals surface area contributed by atoms with Gasteiger partial charge in [0.2, 0.25) is 0 Å². The molecule has 414 valence electrons. The highest BCUT2D eigenvalue weighted by atomic mass is 16.6. The maximum atomic E-state index is 12.9. The highest BCUT2D eigenvalue weighted by molar-refractivity contribution is 5.71. The van der Waals surface area contributed by atoms with Crippen LogP contribution in [-0.4, -0.2) is 37.2 Å². The van der Waals surface area contributed by atoms with Crippen molar-refractivity contribution < 1.29 is 28.6 Å². The topological polar surface area (TPSA) is 78.9 Å². The molecule has 0 spiro atoms. The second kappa shape index (κ2) is 60.1. The summed E-state index contributed by atoms with van der Waals surface area (Å²) in [6.07, 6.45) is 78.6. The lowest BCUT2D eigenvalue weighted by Crippen LogP contribution is -2.30. The van der Waals surface area contributed by atoms with E-state index in [-0.39, 0.29) is 31.1 Å². The molecule has 1 unspecified atom stereocenters. The smallest absolute Gasteiger partial charge is 0.306 e. The fourth-order valence-corrected chi connectivity index (χ4v) is 8.52. The summed E-state index contributed by atoms with van der Waals surface area (Å²) in [5, 5.41) is 0. The molecule has 6 heteroatoms. The maximum absolute atomic E-state index is 12.9. The van der Waals surface area contributed by atoms with Gasteiger partial charge >= 0.3 is 17.9 Å². The Labute approximate surface area is 445 Å². The fourth-order valence-electron chi connectivity index (χ4n) is 8.52. The average molecular weight is 1000 g/mol. The minimum Gasteiger partial charge on any atom is -0.462 e. The molecule has 6 nitrogen and oxygen atoms in total. The van der Waals surface area contributed by atoms with Crippen LogP contribution in [0.5, 0.6) is 0 Å². The molecule has 0 bridgehead atoms. The molecule has 1 atom stereocenters. The van der Waals surface area contributed by atoms with Crippen LogP contribution in [-0.2, 0) is 28.6 Å². The lowest BCUT2D eigenvalue weighted by Gasteiger charge is -2.18. The largest absolute Gasteiger partial charge is 0.462 e. The van der Waals surface area contributed by atoms with Crippen LogP contribution in [0.1, 0.15) is 297 Å². The lowest BCUT2D eigenvalue weighted by molar-refractivity contribution is -0.167. The molecule has 0 amide bonds. The van der Waals surface area contributed by atoms with Crippen LogP contribution in [0, 0.1) is 0 Å². The number of unbranched alkanes of at least 4 members (excludes halogenated alkanes) is 30. The van der Waals surface area contributed by atoms with Gasteiger partial charge in [0.05, 0.1) is 0 Å². The molecule has 0 N–H and O–H groups in total. The number of allylic oxidation sites excluding steroid dienone is 14. The Morgan fingerprint density at radius 1 is 0.292 bits per heavy atom. The number of ether oxygens (including phenoxy) is 3. The number of hydrogen-bond donors (Lipinski definition) is 0. The van der Waals surface area contributed by atoms with Crippen molar-refractivity contribution in [2.24, 2.45) is 0 Å². The number of carbonyl (C=O) groups excluding carboxylic acids is 3. The van der Waals surface area contributed by atoms with Gasteiger partial charge in [-0.2, -0.15) is 0 Å². The van der Waals surface area contributed by atoms with Crippen LogP contribution in [0.25, 0.3) is 0 Å². The summed E-state index contributed by atoms with van der Waals surface area (Å²) in [4.78, 5) is 38.3. The maximum Gasteiger partial charge on any atom is 0.306 e. The molecule has 0 rings (SSSR count). The van der Waals surface area contributed by atoms with E-state index in [1.807, 2.05) is 0 Å². The van der Waals surface area contributed by atoms with Gasteiger partial charge in [-0.05, 0) is 116 Å². The van der Waals surface area contributed by atoms with E-state index in [2.05, 4.69) is 106 Å². The van der Waals surface area contributed by atoms with E-state index in [9.17, 15) is 14.4 Å². The Bertz CT molecular complexity index is 1380. The second-order valence-corrected chi connectivity index (χ2v) is 20.2. The zero-order valence-electron chi connectivity index (χ0n) is 47.4. The molecule has 0 fully saturated rings. The van der Waals surface area contributed by atoms with Crippen LogP contribution in [0.3, 0.4) is 0 Å². The van der Waals surface area contributed by atoms with Crippen LogP contribution in [0.2, 0.25) is 0 Å². The van der Waals surface area contributed by atoms with Crippen LogP contribution in [0.15, 0.2) is 85.1 Å². The van der Waals surface area contributed by atoms with E-state index in [0.717, 1.165) is 103 Å². The Kier molecular flexibility index (Phi) is 57.3. The first-order valence-corrected chi connectivity index (χ1v) is 30.6. The summed E-state index contributed by atoms with van der Waals surface area (Å²) >= 11 is 0. The first-order valence-electron chi connectivity index (χ1n) is 30.6.